The van der Waals surface area contributed by atoms with Gasteiger partial charge in [-0.05, 0) is 6.92 Å². The number of rotatable bonds is 2. The van der Waals surface area contributed by atoms with Gasteiger partial charge in [-0.1, -0.05) is 6.58 Å². The summed E-state index contributed by atoms with van der Waals surface area (Å²) in [5, 5.41) is 0.903. The molecule has 0 aliphatic carbocycles. The predicted octanol–water partition coefficient (Wildman–Crippen LogP) is 0.147. The second-order valence-electron chi connectivity index (χ2n) is 3.89. The lowest BCUT2D eigenvalue weighted by Crippen LogP contribution is -2.44. The molecule has 0 spiro atoms. The van der Waals surface area contributed by atoms with E-state index in [-0.39, 0.29) is 17.8 Å². The Bertz CT molecular complexity index is 467. The number of nitrogens with zero attached hydrogens (tertiary/aromatic N) is 2. The standard InChI is InChI=1S/C11H15N3O4/c1-6-8(5-9(12)15)7(2)18-14(4)11(17)13(3)10(6)16/h1,5H2,2-4H3,(H2,12,15)/b8-7-. The molecule has 98 valence electrons. The van der Waals surface area contributed by atoms with Crippen LogP contribution in [-0.4, -0.2) is 41.9 Å². The van der Waals surface area contributed by atoms with Crippen molar-refractivity contribution in [2.24, 2.45) is 5.73 Å². The van der Waals surface area contributed by atoms with Gasteiger partial charge in [-0.15, -0.1) is 0 Å². The molecule has 1 rings (SSSR count). The second kappa shape index (κ2) is 4.91. The topological polar surface area (TPSA) is 92.9 Å². The van der Waals surface area contributed by atoms with Gasteiger partial charge in [0, 0.05) is 18.2 Å². The summed E-state index contributed by atoms with van der Waals surface area (Å²) in [6.07, 6.45) is -0.174. The van der Waals surface area contributed by atoms with E-state index < -0.39 is 17.8 Å². The van der Waals surface area contributed by atoms with Crippen molar-refractivity contribution in [1.82, 2.24) is 9.96 Å². The van der Waals surface area contributed by atoms with Crippen molar-refractivity contribution < 1.29 is 19.2 Å². The van der Waals surface area contributed by atoms with E-state index in [1.165, 1.54) is 21.0 Å². The third kappa shape index (κ3) is 2.50. The zero-order valence-corrected chi connectivity index (χ0v) is 10.5. The van der Waals surface area contributed by atoms with Gasteiger partial charge in [0.05, 0.1) is 13.5 Å². The molecular formula is C11H15N3O4. The fourth-order valence-corrected chi connectivity index (χ4v) is 1.55. The summed E-state index contributed by atoms with van der Waals surface area (Å²) in [4.78, 5) is 40.6. The van der Waals surface area contributed by atoms with E-state index in [0.717, 1.165) is 9.96 Å². The molecule has 4 amide bonds. The summed E-state index contributed by atoms with van der Waals surface area (Å²) in [5.41, 5.74) is 5.42. The van der Waals surface area contributed by atoms with Gasteiger partial charge in [0.2, 0.25) is 5.91 Å². The van der Waals surface area contributed by atoms with Crippen molar-refractivity contribution in [2.75, 3.05) is 14.1 Å². The van der Waals surface area contributed by atoms with Crippen LogP contribution in [0.15, 0.2) is 23.5 Å². The summed E-state index contributed by atoms with van der Waals surface area (Å²) in [5.74, 6) is -0.957. The van der Waals surface area contributed by atoms with E-state index >= 15 is 0 Å². The number of nitrogens with two attached hydrogens (primary N) is 1. The van der Waals surface area contributed by atoms with Crippen molar-refractivity contribution in [3.63, 3.8) is 0 Å². The third-order valence-electron chi connectivity index (χ3n) is 2.53. The quantitative estimate of drug-likeness (QED) is 0.709. The van der Waals surface area contributed by atoms with Crippen LogP contribution in [0.5, 0.6) is 0 Å². The minimum Gasteiger partial charge on any atom is -0.380 e. The van der Waals surface area contributed by atoms with Crippen molar-refractivity contribution >= 4 is 17.8 Å². The largest absolute Gasteiger partial charge is 0.380 e. The average Bonchev–Trinajstić information content (AvgIpc) is 2.30. The fourth-order valence-electron chi connectivity index (χ4n) is 1.55. The molecule has 0 aromatic rings. The summed E-state index contributed by atoms with van der Waals surface area (Å²) in [6, 6.07) is -0.626. The van der Waals surface area contributed by atoms with Gasteiger partial charge in [0.25, 0.3) is 5.91 Å². The lowest BCUT2D eigenvalue weighted by atomic mass is 10.0. The molecule has 0 radical (unpaired) electrons. The highest BCUT2D eigenvalue weighted by molar-refractivity contribution is 6.06. The number of amides is 4. The Labute approximate surface area is 104 Å². The van der Waals surface area contributed by atoms with Gasteiger partial charge >= 0.3 is 6.03 Å². The number of likely N-dealkylation sites (N-methyl/N-ethyl adjacent to an activating group) is 1. The van der Waals surface area contributed by atoms with Gasteiger partial charge in [-0.2, -0.15) is 5.06 Å². The highest BCUT2D eigenvalue weighted by Gasteiger charge is 2.30. The Morgan fingerprint density at radius 3 is 2.44 bits per heavy atom. The first-order valence-electron chi connectivity index (χ1n) is 5.16. The highest BCUT2D eigenvalue weighted by atomic mass is 16.7. The summed E-state index contributed by atoms with van der Waals surface area (Å²) >= 11 is 0. The molecule has 7 nitrogen and oxygen atoms in total. The molecule has 1 aliphatic rings. The number of hydrogen-bond donors (Lipinski definition) is 1. The molecule has 2 N–H and O–H groups in total. The van der Waals surface area contributed by atoms with Crippen LogP contribution in [-0.2, 0) is 14.4 Å². The zero-order valence-electron chi connectivity index (χ0n) is 10.5. The minimum atomic E-state index is -0.626. The number of urea groups is 1. The molecule has 1 heterocycles. The monoisotopic (exact) mass is 253 g/mol. The van der Waals surface area contributed by atoms with E-state index in [1.807, 2.05) is 0 Å². The second-order valence-corrected chi connectivity index (χ2v) is 3.89. The minimum absolute atomic E-state index is 0.0234. The van der Waals surface area contributed by atoms with E-state index in [2.05, 4.69) is 6.58 Å². The molecule has 0 atom stereocenters. The van der Waals surface area contributed by atoms with E-state index in [4.69, 9.17) is 10.6 Å². The van der Waals surface area contributed by atoms with Gasteiger partial charge in [0.15, 0.2) is 0 Å². The van der Waals surface area contributed by atoms with Crippen LogP contribution in [0.2, 0.25) is 0 Å². The predicted molar refractivity (Wildman–Crippen MR) is 62.7 cm³/mol. The number of carbonyl (C=O) groups is 3. The third-order valence-corrected chi connectivity index (χ3v) is 2.53. The molecule has 0 aromatic carbocycles. The molecule has 0 aromatic heterocycles. The Morgan fingerprint density at radius 2 is 1.94 bits per heavy atom. The normalized spacial score (nSPS) is 21.6. The molecule has 7 heteroatoms. The van der Waals surface area contributed by atoms with Crippen LogP contribution in [0.3, 0.4) is 0 Å². The van der Waals surface area contributed by atoms with Crippen molar-refractivity contribution in [1.29, 1.82) is 0 Å². The molecule has 0 saturated carbocycles. The maximum absolute atomic E-state index is 11.9. The van der Waals surface area contributed by atoms with Gasteiger partial charge in [-0.25, -0.2) is 4.79 Å². The highest BCUT2D eigenvalue weighted by Crippen LogP contribution is 2.23. The van der Waals surface area contributed by atoms with Crippen molar-refractivity contribution in [3.8, 4) is 0 Å². The van der Waals surface area contributed by atoms with E-state index in [9.17, 15) is 14.4 Å². The molecule has 18 heavy (non-hydrogen) atoms. The Kier molecular flexibility index (Phi) is 3.75. The van der Waals surface area contributed by atoms with Crippen LogP contribution < -0.4 is 5.73 Å². The Balaban J connectivity index is 3.25. The summed E-state index contributed by atoms with van der Waals surface area (Å²) in [7, 11) is 2.67. The van der Waals surface area contributed by atoms with E-state index in [0.29, 0.717) is 5.57 Å². The van der Waals surface area contributed by atoms with Crippen LogP contribution >= 0.6 is 0 Å². The average molecular weight is 253 g/mol. The van der Waals surface area contributed by atoms with Crippen molar-refractivity contribution in [2.45, 2.75) is 13.3 Å². The first-order chi connectivity index (χ1) is 8.25. The first kappa shape index (κ1) is 13.8. The van der Waals surface area contributed by atoms with Gasteiger partial charge in [-0.3, -0.25) is 14.5 Å². The summed E-state index contributed by atoms with van der Waals surface area (Å²) in [6.45, 7) is 5.12. The first-order valence-corrected chi connectivity index (χ1v) is 5.16. The molecule has 0 fully saturated rings. The number of carbonyl (C=O) groups excluding carboxylic acids is 3. The molecule has 1 aliphatic heterocycles. The maximum Gasteiger partial charge on any atom is 0.359 e. The van der Waals surface area contributed by atoms with Crippen LogP contribution in [0.4, 0.5) is 4.79 Å². The van der Waals surface area contributed by atoms with Gasteiger partial charge in [0.1, 0.15) is 5.76 Å². The smallest absolute Gasteiger partial charge is 0.359 e. The molecular weight excluding hydrogens is 238 g/mol. The SMILES string of the molecule is C=C1C(=O)N(C)C(=O)N(C)O/C(C)=C\1CC(N)=O. The Hall–Kier alpha value is -2.31. The van der Waals surface area contributed by atoms with Crippen molar-refractivity contribution in [3.05, 3.63) is 23.5 Å². The summed E-state index contributed by atoms with van der Waals surface area (Å²) < 4.78 is 0. The number of primary amides is 1. The maximum atomic E-state index is 11.9. The molecule has 0 saturated heterocycles. The number of imide groups is 1. The number of hydroxylamine groups is 2. The van der Waals surface area contributed by atoms with Crippen LogP contribution in [0.1, 0.15) is 13.3 Å². The molecule has 0 bridgehead atoms. The molecule has 0 unspecified atom stereocenters. The number of allylic oxidation sites excluding steroid dienone is 1. The Morgan fingerprint density at radius 1 is 1.39 bits per heavy atom. The van der Waals surface area contributed by atoms with Gasteiger partial charge < -0.3 is 10.6 Å². The number of hydrogen-bond acceptors (Lipinski definition) is 4. The van der Waals surface area contributed by atoms with Crippen LogP contribution in [0, 0.1) is 0 Å². The van der Waals surface area contributed by atoms with Crippen LogP contribution in [0.25, 0.3) is 0 Å². The zero-order chi connectivity index (χ0) is 14.0. The lowest BCUT2D eigenvalue weighted by Gasteiger charge is -2.28. The fraction of sp³-hybridized carbons (Fsp3) is 0.364. The lowest BCUT2D eigenvalue weighted by molar-refractivity contribution is -0.128. The van der Waals surface area contributed by atoms with E-state index in [1.54, 1.807) is 0 Å².